The van der Waals surface area contributed by atoms with Gasteiger partial charge < -0.3 is 43.1 Å². The van der Waals surface area contributed by atoms with Gasteiger partial charge in [-0.1, -0.05) is 65.0 Å². The molecule has 3 saturated heterocycles. The number of aryl methyl sites for hydroxylation is 1. The molecule has 2 amide bonds. The molecule has 1 saturated carbocycles. The SMILES string of the molecule is CCn1c(-c2cc(N3CCN(C4CC4)CC3)cnc2C(C)OC)c(CC(C)(C)CO[Si](C)(C)C(C)(C)C)c2cc(N3CCO[C@@H](CC(NC(=O)OCc4ccccc4)C(=O)N4CCC[C@@H](C(=O)OC)N4)C3)ccc21. The van der Waals surface area contributed by atoms with E-state index in [0.717, 1.165) is 84.6 Å². The molecule has 0 spiro atoms. The lowest BCUT2D eigenvalue weighted by Gasteiger charge is -2.39. The smallest absolute Gasteiger partial charge is 0.408 e. The first-order chi connectivity index (χ1) is 35.3. The highest BCUT2D eigenvalue weighted by Crippen LogP contribution is 2.44. The van der Waals surface area contributed by atoms with Crippen molar-refractivity contribution in [2.24, 2.45) is 5.41 Å². The molecule has 1 aliphatic carbocycles. The van der Waals surface area contributed by atoms with Crippen molar-refractivity contribution in [3.63, 3.8) is 0 Å². The van der Waals surface area contributed by atoms with Crippen LogP contribution in [-0.4, -0.2) is 143 Å². The van der Waals surface area contributed by atoms with Gasteiger partial charge in [-0.25, -0.2) is 10.2 Å². The average molecular weight is 1040 g/mol. The molecule has 16 nitrogen and oxygen atoms in total. The molecule has 2 N–H and O–H groups in total. The zero-order valence-electron chi connectivity index (χ0n) is 46.1. The first-order valence-electron chi connectivity index (χ1n) is 27.1. The topological polar surface area (TPSA) is 152 Å². The Morgan fingerprint density at radius 3 is 2.34 bits per heavy atom. The number of carbonyl (C=O) groups is 3. The fourth-order valence-corrected chi connectivity index (χ4v) is 11.7. The summed E-state index contributed by atoms with van der Waals surface area (Å²) in [6.45, 7) is 27.9. The van der Waals surface area contributed by atoms with Crippen LogP contribution in [0, 0.1) is 5.41 Å². The van der Waals surface area contributed by atoms with E-state index in [1.165, 1.54) is 35.9 Å². The highest BCUT2D eigenvalue weighted by atomic mass is 28.4. The summed E-state index contributed by atoms with van der Waals surface area (Å²) in [5.74, 6) is -0.824. The number of aromatic nitrogens is 2. The Bertz CT molecular complexity index is 2570. The molecule has 17 heteroatoms. The van der Waals surface area contributed by atoms with Crippen LogP contribution >= 0.6 is 0 Å². The van der Waals surface area contributed by atoms with E-state index < -0.39 is 38.6 Å². The van der Waals surface area contributed by atoms with Crippen LogP contribution in [-0.2, 0) is 52.5 Å². The van der Waals surface area contributed by atoms with Crippen LogP contribution in [0.5, 0.6) is 0 Å². The summed E-state index contributed by atoms with van der Waals surface area (Å²) in [7, 11) is 1.03. The zero-order chi connectivity index (χ0) is 53.0. The van der Waals surface area contributed by atoms with Crippen molar-refractivity contribution < 1.29 is 37.8 Å². The number of benzene rings is 2. The highest BCUT2D eigenvalue weighted by molar-refractivity contribution is 6.74. The second-order valence-electron chi connectivity index (χ2n) is 23.2. The van der Waals surface area contributed by atoms with Gasteiger partial charge in [0.05, 0.1) is 49.2 Å². The fraction of sp³-hybridized carbons (Fsp3) is 0.614. The van der Waals surface area contributed by atoms with Gasteiger partial charge >= 0.3 is 12.1 Å². The fourth-order valence-electron chi connectivity index (χ4n) is 10.5. The third kappa shape index (κ3) is 13.0. The standard InChI is InChI=1S/C57H84N8O8Si/c1-12-64-50-23-22-42(63-29-30-71-44(36-63)33-49(59-55(68)72-37-40-17-14-13-15-18-40)53(66)65-24-16-19-48(60-65)54(67)70-9)31-45(50)47(34-57(6,7)38-73-74(10,11)56(3,4)5)52(64)46-32-43(35-58-51(46)39(2)69-8)62-27-25-61(26-28-62)41-20-21-41/h13-15,17-18,22-23,31-32,35,39,41,44,48-49,60H,12,16,19-21,24-30,33-34,36-38H2,1-11H3,(H,59,68)/t39?,44-,48-,49?/m0/s1. The lowest BCUT2D eigenvalue weighted by molar-refractivity contribution is -0.150. The van der Waals surface area contributed by atoms with Gasteiger partial charge in [0.25, 0.3) is 5.91 Å². The Morgan fingerprint density at radius 1 is 0.919 bits per heavy atom. The third-order valence-electron chi connectivity index (χ3n) is 16.1. The van der Waals surface area contributed by atoms with Gasteiger partial charge in [-0.15, -0.1) is 0 Å². The number of methoxy groups -OCH3 is 2. The van der Waals surface area contributed by atoms with Crippen LogP contribution in [0.4, 0.5) is 16.2 Å². The summed E-state index contributed by atoms with van der Waals surface area (Å²) in [4.78, 5) is 53.1. The molecule has 74 heavy (non-hydrogen) atoms. The Balaban J connectivity index is 1.13. The number of fused-ring (bicyclic) bond motifs is 1. The maximum Gasteiger partial charge on any atom is 0.408 e. The molecular formula is C57H84N8O8Si. The number of piperazine rings is 1. The average Bonchev–Trinajstić information content (AvgIpc) is 4.21. The molecule has 4 aliphatic rings. The molecule has 5 heterocycles. The van der Waals surface area contributed by atoms with Gasteiger partial charge in [0.15, 0.2) is 8.32 Å². The van der Waals surface area contributed by atoms with E-state index in [0.29, 0.717) is 45.7 Å². The molecular weight excluding hydrogens is 953 g/mol. The zero-order valence-corrected chi connectivity index (χ0v) is 47.1. The van der Waals surface area contributed by atoms with Crippen LogP contribution in [0.3, 0.4) is 0 Å². The number of anilines is 2. The van der Waals surface area contributed by atoms with Crippen LogP contribution in [0.1, 0.15) is 103 Å². The number of alkyl carbamates (subject to hydrolysis) is 1. The van der Waals surface area contributed by atoms with Crippen LogP contribution in [0.25, 0.3) is 22.2 Å². The van der Waals surface area contributed by atoms with E-state index in [4.69, 9.17) is 28.4 Å². The monoisotopic (exact) mass is 1040 g/mol. The molecule has 8 rings (SSSR count). The van der Waals surface area contributed by atoms with E-state index in [1.807, 2.05) is 36.5 Å². The number of amides is 2. The predicted molar refractivity (Wildman–Crippen MR) is 294 cm³/mol. The Labute approximate surface area is 440 Å². The van der Waals surface area contributed by atoms with Crippen molar-refractivity contribution in [1.29, 1.82) is 0 Å². The first-order valence-corrected chi connectivity index (χ1v) is 30.0. The molecule has 0 radical (unpaired) electrons. The summed E-state index contributed by atoms with van der Waals surface area (Å²) >= 11 is 0. The Morgan fingerprint density at radius 2 is 1.66 bits per heavy atom. The number of morpholine rings is 1. The molecule has 2 aromatic heterocycles. The van der Waals surface area contributed by atoms with E-state index in [2.05, 4.69) is 116 Å². The van der Waals surface area contributed by atoms with Gasteiger partial charge in [-0.2, -0.15) is 0 Å². The van der Waals surface area contributed by atoms with Crippen LogP contribution < -0.4 is 20.5 Å². The summed E-state index contributed by atoms with van der Waals surface area (Å²) in [6, 6.07) is 17.7. The van der Waals surface area contributed by atoms with Crippen molar-refractivity contribution in [2.45, 2.75) is 149 Å². The lowest BCUT2D eigenvalue weighted by Crippen LogP contribution is -2.60. The number of pyridine rings is 1. The van der Waals surface area contributed by atoms with Crippen molar-refractivity contribution >= 4 is 48.6 Å². The minimum absolute atomic E-state index is 0.0484. The molecule has 404 valence electrons. The van der Waals surface area contributed by atoms with Gasteiger partial charge in [-0.3, -0.25) is 24.5 Å². The summed E-state index contributed by atoms with van der Waals surface area (Å²) in [6.07, 6.45) is 5.36. The number of hydrogen-bond acceptors (Lipinski definition) is 13. The normalized spacial score (nSPS) is 20.1. The van der Waals surface area contributed by atoms with E-state index in [1.54, 1.807) is 7.11 Å². The molecule has 0 bridgehead atoms. The molecule has 3 aliphatic heterocycles. The number of carbonyl (C=O) groups excluding carboxylic acids is 3. The molecule has 4 atom stereocenters. The molecule has 2 aromatic carbocycles. The number of ether oxygens (including phenoxy) is 4. The Hall–Kier alpha value is -5.04. The molecule has 2 unspecified atom stereocenters. The number of hydrogen-bond donors (Lipinski definition) is 2. The van der Waals surface area contributed by atoms with Gasteiger partial charge in [0.1, 0.15) is 18.7 Å². The lowest BCUT2D eigenvalue weighted by atomic mass is 9.84. The van der Waals surface area contributed by atoms with Crippen molar-refractivity contribution in [3.05, 3.63) is 77.6 Å². The number of hydrazine groups is 1. The van der Waals surface area contributed by atoms with E-state index >= 15 is 0 Å². The second-order valence-corrected chi connectivity index (χ2v) is 28.0. The Kier molecular flexibility index (Phi) is 17.5. The minimum Gasteiger partial charge on any atom is -0.468 e. The maximum atomic E-state index is 14.4. The van der Waals surface area contributed by atoms with E-state index in [-0.39, 0.29) is 35.5 Å². The number of nitrogens with zero attached hydrogens (tertiary/aromatic N) is 6. The minimum atomic E-state index is -2.07. The summed E-state index contributed by atoms with van der Waals surface area (Å²) < 4.78 is 32.6. The van der Waals surface area contributed by atoms with Crippen LogP contribution in [0.2, 0.25) is 18.1 Å². The number of nitrogens with one attached hydrogen (secondary N) is 2. The maximum absolute atomic E-state index is 14.4. The van der Waals surface area contributed by atoms with E-state index in [9.17, 15) is 14.4 Å². The number of esters is 1. The second kappa shape index (κ2) is 23.5. The number of rotatable bonds is 19. The summed E-state index contributed by atoms with van der Waals surface area (Å²) in [5, 5.41) is 5.55. The van der Waals surface area contributed by atoms with Gasteiger partial charge in [-0.05, 0) is 105 Å². The first kappa shape index (κ1) is 55.2. The largest absolute Gasteiger partial charge is 0.468 e. The third-order valence-corrected chi connectivity index (χ3v) is 20.6. The van der Waals surface area contributed by atoms with Crippen LogP contribution in [0.15, 0.2) is 60.8 Å². The van der Waals surface area contributed by atoms with Crippen molar-refractivity contribution in [3.8, 4) is 11.3 Å². The summed E-state index contributed by atoms with van der Waals surface area (Å²) in [5.41, 5.74) is 11.4. The predicted octanol–water partition coefficient (Wildman–Crippen LogP) is 8.86. The van der Waals surface area contributed by atoms with Gasteiger partial charge in [0.2, 0.25) is 0 Å². The molecule has 4 aromatic rings. The quantitative estimate of drug-likeness (QED) is 0.0680. The van der Waals surface area contributed by atoms with Crippen molar-refractivity contribution in [2.75, 3.05) is 83.0 Å². The highest BCUT2D eigenvalue weighted by Gasteiger charge is 2.40. The van der Waals surface area contributed by atoms with Gasteiger partial charge in [0, 0.05) is 101 Å². The molecule has 4 fully saturated rings. The van der Waals surface area contributed by atoms with Crippen molar-refractivity contribution in [1.82, 2.24) is 30.2 Å².